The van der Waals surface area contributed by atoms with E-state index in [-0.39, 0.29) is 6.04 Å². The van der Waals surface area contributed by atoms with Crippen LogP contribution in [0.4, 0.5) is 5.69 Å². The molecule has 6 heteroatoms. The molecule has 0 unspecified atom stereocenters. The maximum atomic E-state index is 6.48. The lowest BCUT2D eigenvalue weighted by Gasteiger charge is -2.52. The van der Waals surface area contributed by atoms with Crippen molar-refractivity contribution in [1.82, 2.24) is 5.32 Å². The predicted octanol–water partition coefficient (Wildman–Crippen LogP) is 4.67. The summed E-state index contributed by atoms with van der Waals surface area (Å²) in [5, 5.41) is 4.79. The largest absolute Gasteiger partial charge is 0.490 e. The standard InChI is InChI=1S/C19H19ClN2O2S/c1-3-23-16-6-4-5-14-15-11-19(2,24-17(14)16)22(18(25)21-15)13-9-7-12(20)8-10-13/h4-10,15H,3,11H2,1-2H3,(H,21,25)/t15-,19+/m1/s1. The zero-order valence-electron chi connectivity index (χ0n) is 14.1. The van der Waals surface area contributed by atoms with Crippen LogP contribution in [-0.4, -0.2) is 17.4 Å². The minimum atomic E-state index is -0.596. The highest BCUT2D eigenvalue weighted by molar-refractivity contribution is 7.80. The van der Waals surface area contributed by atoms with Crippen LogP contribution in [0.5, 0.6) is 11.5 Å². The van der Waals surface area contributed by atoms with Gasteiger partial charge in [-0.1, -0.05) is 23.7 Å². The summed E-state index contributed by atoms with van der Waals surface area (Å²) in [6.45, 7) is 4.62. The number of benzene rings is 2. The molecule has 2 atom stereocenters. The number of rotatable bonds is 3. The third-order valence-corrected chi connectivity index (χ3v) is 5.20. The van der Waals surface area contributed by atoms with E-state index in [4.69, 9.17) is 33.3 Å². The van der Waals surface area contributed by atoms with Gasteiger partial charge in [-0.15, -0.1) is 0 Å². The average Bonchev–Trinajstić information content (AvgIpc) is 2.57. The van der Waals surface area contributed by atoms with E-state index in [2.05, 4.69) is 18.3 Å². The van der Waals surface area contributed by atoms with Crippen LogP contribution in [-0.2, 0) is 0 Å². The molecule has 0 saturated carbocycles. The molecule has 2 aromatic carbocycles. The van der Waals surface area contributed by atoms with Crippen molar-refractivity contribution >= 4 is 34.6 Å². The van der Waals surface area contributed by atoms with Gasteiger partial charge in [0.15, 0.2) is 22.3 Å². The molecule has 0 amide bonds. The molecule has 1 saturated heterocycles. The van der Waals surface area contributed by atoms with Gasteiger partial charge in [-0.3, -0.25) is 4.90 Å². The maximum Gasteiger partial charge on any atom is 0.188 e. The van der Waals surface area contributed by atoms with Crippen molar-refractivity contribution < 1.29 is 9.47 Å². The van der Waals surface area contributed by atoms with Gasteiger partial charge < -0.3 is 14.8 Å². The van der Waals surface area contributed by atoms with E-state index in [9.17, 15) is 0 Å². The average molecular weight is 375 g/mol. The minimum Gasteiger partial charge on any atom is -0.490 e. The van der Waals surface area contributed by atoms with E-state index in [1.54, 1.807) is 0 Å². The van der Waals surface area contributed by atoms with E-state index in [0.717, 1.165) is 29.2 Å². The first-order valence-corrected chi connectivity index (χ1v) is 9.11. The van der Waals surface area contributed by atoms with Gasteiger partial charge in [0.25, 0.3) is 0 Å². The van der Waals surface area contributed by atoms with E-state index < -0.39 is 5.72 Å². The molecule has 25 heavy (non-hydrogen) atoms. The highest BCUT2D eigenvalue weighted by Crippen LogP contribution is 2.49. The van der Waals surface area contributed by atoms with Crippen molar-refractivity contribution in [1.29, 1.82) is 0 Å². The van der Waals surface area contributed by atoms with Crippen LogP contribution in [0, 0.1) is 0 Å². The van der Waals surface area contributed by atoms with E-state index >= 15 is 0 Å². The van der Waals surface area contributed by atoms with Crippen molar-refractivity contribution in [3.8, 4) is 11.5 Å². The van der Waals surface area contributed by atoms with E-state index in [0.29, 0.717) is 16.7 Å². The fourth-order valence-corrected chi connectivity index (χ4v) is 4.18. The molecule has 2 aliphatic rings. The molecular weight excluding hydrogens is 356 g/mol. The van der Waals surface area contributed by atoms with Gasteiger partial charge in [0.05, 0.1) is 12.6 Å². The normalized spacial score (nSPS) is 24.2. The van der Waals surface area contributed by atoms with Crippen LogP contribution in [0.2, 0.25) is 5.02 Å². The lowest BCUT2D eigenvalue weighted by Crippen LogP contribution is -2.65. The third kappa shape index (κ3) is 2.71. The van der Waals surface area contributed by atoms with E-state index in [1.807, 2.05) is 48.2 Å². The zero-order chi connectivity index (χ0) is 17.6. The Morgan fingerprint density at radius 3 is 2.80 bits per heavy atom. The Hall–Kier alpha value is -1.98. The smallest absolute Gasteiger partial charge is 0.188 e. The molecule has 2 bridgehead atoms. The Kier molecular flexibility index (Phi) is 4.01. The minimum absolute atomic E-state index is 0.102. The molecule has 0 aliphatic carbocycles. The van der Waals surface area contributed by atoms with Gasteiger partial charge in [-0.2, -0.15) is 0 Å². The van der Waals surface area contributed by atoms with Gasteiger partial charge in [0.1, 0.15) is 0 Å². The fourth-order valence-electron chi connectivity index (χ4n) is 3.61. The first-order valence-electron chi connectivity index (χ1n) is 8.33. The van der Waals surface area contributed by atoms with Crippen LogP contribution in [0.1, 0.15) is 31.9 Å². The fraction of sp³-hybridized carbons (Fsp3) is 0.316. The van der Waals surface area contributed by atoms with Crippen molar-refractivity contribution in [2.45, 2.75) is 32.0 Å². The van der Waals surface area contributed by atoms with Gasteiger partial charge in [-0.05, 0) is 56.4 Å². The highest BCUT2D eigenvalue weighted by atomic mass is 35.5. The van der Waals surface area contributed by atoms with Crippen LogP contribution in [0.3, 0.4) is 0 Å². The summed E-state index contributed by atoms with van der Waals surface area (Å²) < 4.78 is 12.3. The van der Waals surface area contributed by atoms with Crippen LogP contribution < -0.4 is 19.7 Å². The van der Waals surface area contributed by atoms with E-state index in [1.165, 1.54) is 0 Å². The summed E-state index contributed by atoms with van der Waals surface area (Å²) in [4.78, 5) is 2.01. The molecule has 4 rings (SSSR count). The Morgan fingerprint density at radius 1 is 1.32 bits per heavy atom. The lowest BCUT2D eigenvalue weighted by atomic mass is 9.90. The first kappa shape index (κ1) is 16.5. The second kappa shape index (κ2) is 6.07. The second-order valence-corrected chi connectivity index (χ2v) is 7.23. The molecule has 130 valence electrons. The molecule has 1 fully saturated rings. The SMILES string of the molecule is CCOc1cccc2c1O[C@@]1(C)C[C@H]2NC(=S)N1c1ccc(Cl)cc1. The number of thiocarbonyl (C=S) groups is 1. The number of ether oxygens (including phenoxy) is 2. The summed E-state index contributed by atoms with van der Waals surface area (Å²) in [5.74, 6) is 1.55. The number of halogens is 1. The van der Waals surface area contributed by atoms with Gasteiger partial charge in [0.2, 0.25) is 0 Å². The molecule has 1 N–H and O–H groups in total. The Bertz CT molecular complexity index is 827. The lowest BCUT2D eigenvalue weighted by molar-refractivity contribution is 0.0457. The zero-order valence-corrected chi connectivity index (χ0v) is 15.7. The van der Waals surface area contributed by atoms with Gasteiger partial charge >= 0.3 is 0 Å². The molecule has 4 nitrogen and oxygen atoms in total. The molecular formula is C19H19ClN2O2S. The highest BCUT2D eigenvalue weighted by Gasteiger charge is 2.49. The number of nitrogens with zero attached hydrogens (tertiary/aromatic N) is 1. The Balaban J connectivity index is 1.79. The molecule has 0 radical (unpaired) electrons. The molecule has 2 aliphatic heterocycles. The van der Waals surface area contributed by atoms with Crippen LogP contribution in [0.15, 0.2) is 42.5 Å². The number of nitrogens with one attached hydrogen (secondary N) is 1. The van der Waals surface area contributed by atoms with Crippen LogP contribution >= 0.6 is 23.8 Å². The molecule has 2 aromatic rings. The van der Waals surface area contributed by atoms with Crippen molar-refractivity contribution in [3.63, 3.8) is 0 Å². The molecule has 0 spiro atoms. The monoisotopic (exact) mass is 374 g/mol. The summed E-state index contributed by atoms with van der Waals surface area (Å²) in [5.41, 5.74) is 1.43. The summed E-state index contributed by atoms with van der Waals surface area (Å²) in [6.07, 6.45) is 0.776. The number of fused-ring (bicyclic) bond motifs is 4. The Morgan fingerprint density at radius 2 is 2.08 bits per heavy atom. The van der Waals surface area contributed by atoms with Gasteiger partial charge in [0, 0.05) is 22.7 Å². The Labute approximate surface area is 157 Å². The topological polar surface area (TPSA) is 33.7 Å². The number of para-hydroxylation sites is 1. The number of anilines is 1. The third-order valence-electron chi connectivity index (χ3n) is 4.65. The summed E-state index contributed by atoms with van der Waals surface area (Å²) in [6, 6.07) is 13.7. The van der Waals surface area contributed by atoms with Crippen molar-refractivity contribution in [3.05, 3.63) is 53.1 Å². The quantitative estimate of drug-likeness (QED) is 0.789. The number of hydrogen-bond donors (Lipinski definition) is 1. The van der Waals surface area contributed by atoms with Gasteiger partial charge in [-0.25, -0.2) is 0 Å². The summed E-state index contributed by atoms with van der Waals surface area (Å²) >= 11 is 11.7. The second-order valence-electron chi connectivity index (χ2n) is 6.40. The maximum absolute atomic E-state index is 6.48. The first-order chi connectivity index (χ1) is 12.0. The number of hydrogen-bond acceptors (Lipinski definition) is 3. The molecule has 0 aromatic heterocycles. The summed E-state index contributed by atoms with van der Waals surface area (Å²) in [7, 11) is 0. The van der Waals surface area contributed by atoms with Crippen LogP contribution in [0.25, 0.3) is 0 Å². The van der Waals surface area contributed by atoms with Crippen molar-refractivity contribution in [2.75, 3.05) is 11.5 Å². The predicted molar refractivity (Wildman–Crippen MR) is 104 cm³/mol. The molecule has 2 heterocycles. The van der Waals surface area contributed by atoms with Crippen molar-refractivity contribution in [2.24, 2.45) is 0 Å².